The summed E-state index contributed by atoms with van der Waals surface area (Å²) < 4.78 is 25.5. The molecule has 1 aromatic heterocycles. The van der Waals surface area contributed by atoms with Crippen LogP contribution in [0, 0.1) is 0 Å². The molecule has 0 aliphatic carbocycles. The Bertz CT molecular complexity index is 247. The number of hydrogen-bond donors (Lipinski definition) is 1. The van der Waals surface area contributed by atoms with Gasteiger partial charge >= 0.3 is 0 Å². The minimum Gasteiger partial charge on any atom is -0.356 e. The largest absolute Gasteiger partial charge is 0.356 e. The van der Waals surface area contributed by atoms with Gasteiger partial charge in [-0.2, -0.15) is 0 Å². The van der Waals surface area contributed by atoms with E-state index in [0.29, 0.717) is 5.95 Å². The highest BCUT2D eigenvalue weighted by molar-refractivity contribution is 5.25. The standard InChI is InChI=1S/C8H13F2N3/c1-2-3-11-8-12-4-5-13(8)6-7(9)10/h4-5,7H,2-3,6H2,1H3,(H,11,12). The molecule has 1 N–H and O–H groups in total. The molecule has 1 heterocycles. The molecule has 0 atom stereocenters. The average Bonchev–Trinajstić information content (AvgIpc) is 2.48. The molecule has 0 aromatic carbocycles. The van der Waals surface area contributed by atoms with Crippen LogP contribution in [0.1, 0.15) is 13.3 Å². The highest BCUT2D eigenvalue weighted by atomic mass is 19.3. The summed E-state index contributed by atoms with van der Waals surface area (Å²) in [6.07, 6.45) is 1.67. The van der Waals surface area contributed by atoms with Gasteiger partial charge < -0.3 is 9.88 Å². The van der Waals surface area contributed by atoms with Crippen LogP contribution in [0.5, 0.6) is 0 Å². The van der Waals surface area contributed by atoms with Crippen LogP contribution < -0.4 is 5.32 Å². The van der Waals surface area contributed by atoms with Gasteiger partial charge in [0.2, 0.25) is 5.95 Å². The first-order valence-corrected chi connectivity index (χ1v) is 4.27. The van der Waals surface area contributed by atoms with Gasteiger partial charge in [-0.3, -0.25) is 0 Å². The molecule has 0 fully saturated rings. The number of alkyl halides is 2. The van der Waals surface area contributed by atoms with E-state index in [4.69, 9.17) is 0 Å². The van der Waals surface area contributed by atoms with E-state index in [1.807, 2.05) is 6.92 Å². The van der Waals surface area contributed by atoms with Crippen LogP contribution >= 0.6 is 0 Å². The van der Waals surface area contributed by atoms with Crippen molar-refractivity contribution in [3.05, 3.63) is 12.4 Å². The fourth-order valence-corrected chi connectivity index (χ4v) is 1.01. The first-order valence-electron chi connectivity index (χ1n) is 4.27. The molecule has 0 spiro atoms. The second kappa shape index (κ2) is 4.79. The lowest BCUT2D eigenvalue weighted by molar-refractivity contribution is 0.127. The molecule has 0 amide bonds. The van der Waals surface area contributed by atoms with Crippen molar-refractivity contribution in [3.63, 3.8) is 0 Å². The van der Waals surface area contributed by atoms with Crippen molar-refractivity contribution >= 4 is 5.95 Å². The minimum absolute atomic E-state index is 0.300. The Morgan fingerprint density at radius 2 is 2.38 bits per heavy atom. The minimum atomic E-state index is -2.34. The van der Waals surface area contributed by atoms with Crippen molar-refractivity contribution in [1.82, 2.24) is 9.55 Å². The molecule has 0 aliphatic rings. The van der Waals surface area contributed by atoms with Gasteiger partial charge in [0.15, 0.2) is 0 Å². The van der Waals surface area contributed by atoms with Gasteiger partial charge in [-0.25, -0.2) is 13.8 Å². The van der Waals surface area contributed by atoms with Crippen molar-refractivity contribution in [1.29, 1.82) is 0 Å². The average molecular weight is 189 g/mol. The molecular weight excluding hydrogens is 176 g/mol. The van der Waals surface area contributed by atoms with E-state index in [1.54, 1.807) is 6.20 Å². The highest BCUT2D eigenvalue weighted by Gasteiger charge is 2.07. The molecule has 0 bridgehead atoms. The molecule has 0 radical (unpaired) electrons. The van der Waals surface area contributed by atoms with Gasteiger partial charge in [-0.15, -0.1) is 0 Å². The molecule has 1 aromatic rings. The zero-order chi connectivity index (χ0) is 9.68. The number of imidazole rings is 1. The van der Waals surface area contributed by atoms with Crippen molar-refractivity contribution in [2.45, 2.75) is 26.3 Å². The second-order valence-corrected chi connectivity index (χ2v) is 2.72. The van der Waals surface area contributed by atoms with Crippen molar-refractivity contribution in [2.24, 2.45) is 0 Å². The summed E-state index contributed by atoms with van der Waals surface area (Å²) in [5.74, 6) is 0.516. The molecular formula is C8H13F2N3. The number of rotatable bonds is 5. The number of halogens is 2. The molecule has 1 rings (SSSR count). The Hall–Kier alpha value is -1.13. The summed E-state index contributed by atoms with van der Waals surface area (Å²) in [6.45, 7) is 2.46. The van der Waals surface area contributed by atoms with E-state index in [-0.39, 0.29) is 6.54 Å². The van der Waals surface area contributed by atoms with Gasteiger partial charge in [0, 0.05) is 18.9 Å². The third-order valence-electron chi connectivity index (χ3n) is 1.58. The van der Waals surface area contributed by atoms with Crippen molar-refractivity contribution in [3.8, 4) is 0 Å². The molecule has 5 heteroatoms. The smallest absolute Gasteiger partial charge is 0.256 e. The molecule has 3 nitrogen and oxygen atoms in total. The molecule has 13 heavy (non-hydrogen) atoms. The Kier molecular flexibility index (Phi) is 3.67. The number of nitrogens with one attached hydrogen (secondary N) is 1. The van der Waals surface area contributed by atoms with Gasteiger partial charge in [0.05, 0.1) is 6.54 Å². The lowest BCUT2D eigenvalue weighted by atomic mass is 10.5. The zero-order valence-corrected chi connectivity index (χ0v) is 7.50. The van der Waals surface area contributed by atoms with Gasteiger partial charge in [0.25, 0.3) is 6.43 Å². The summed E-state index contributed by atoms with van der Waals surface area (Å²) >= 11 is 0. The predicted molar refractivity (Wildman–Crippen MR) is 47.0 cm³/mol. The van der Waals surface area contributed by atoms with Gasteiger partial charge in [-0.1, -0.05) is 6.92 Å². The lowest BCUT2D eigenvalue weighted by Gasteiger charge is -2.07. The van der Waals surface area contributed by atoms with Gasteiger partial charge in [0.1, 0.15) is 0 Å². The molecule has 74 valence electrons. The Labute approximate surface area is 75.8 Å². The van der Waals surface area contributed by atoms with E-state index in [1.165, 1.54) is 10.8 Å². The summed E-state index contributed by atoms with van der Waals surface area (Å²) in [5, 5.41) is 2.97. The summed E-state index contributed by atoms with van der Waals surface area (Å²) in [7, 11) is 0. The number of nitrogens with zero attached hydrogens (tertiary/aromatic N) is 2. The third kappa shape index (κ3) is 3.01. The Balaban J connectivity index is 2.55. The summed E-state index contributed by atoms with van der Waals surface area (Å²) in [4.78, 5) is 3.93. The van der Waals surface area contributed by atoms with E-state index < -0.39 is 6.43 Å². The van der Waals surface area contributed by atoms with Crippen LogP contribution in [0.2, 0.25) is 0 Å². The predicted octanol–water partition coefficient (Wildman–Crippen LogP) is 1.97. The quantitative estimate of drug-likeness (QED) is 0.767. The lowest BCUT2D eigenvalue weighted by Crippen LogP contribution is -2.11. The SMILES string of the molecule is CCCNc1nccn1CC(F)F. The number of aromatic nitrogens is 2. The van der Waals surface area contributed by atoms with Crippen LogP contribution in [0.15, 0.2) is 12.4 Å². The first-order chi connectivity index (χ1) is 6.24. The van der Waals surface area contributed by atoms with Crippen LogP contribution in [0.3, 0.4) is 0 Å². The first kappa shape index (κ1) is 9.95. The molecule has 0 saturated carbocycles. The molecule has 0 saturated heterocycles. The maximum Gasteiger partial charge on any atom is 0.256 e. The van der Waals surface area contributed by atoms with Gasteiger partial charge in [-0.05, 0) is 6.42 Å². The Morgan fingerprint density at radius 3 is 3.00 bits per heavy atom. The maximum atomic E-state index is 12.0. The summed E-state index contributed by atoms with van der Waals surface area (Å²) in [5.41, 5.74) is 0. The van der Waals surface area contributed by atoms with E-state index >= 15 is 0 Å². The van der Waals surface area contributed by atoms with Crippen LogP contribution in [0.25, 0.3) is 0 Å². The monoisotopic (exact) mass is 189 g/mol. The van der Waals surface area contributed by atoms with Crippen molar-refractivity contribution < 1.29 is 8.78 Å². The van der Waals surface area contributed by atoms with Crippen LogP contribution in [-0.4, -0.2) is 22.5 Å². The fourth-order valence-electron chi connectivity index (χ4n) is 1.01. The fraction of sp³-hybridized carbons (Fsp3) is 0.625. The van der Waals surface area contributed by atoms with E-state index in [9.17, 15) is 8.78 Å². The maximum absolute atomic E-state index is 12.0. The van der Waals surface area contributed by atoms with E-state index in [2.05, 4.69) is 10.3 Å². The second-order valence-electron chi connectivity index (χ2n) is 2.72. The number of hydrogen-bond acceptors (Lipinski definition) is 2. The highest BCUT2D eigenvalue weighted by Crippen LogP contribution is 2.07. The topological polar surface area (TPSA) is 29.9 Å². The summed E-state index contributed by atoms with van der Waals surface area (Å²) in [6, 6.07) is 0. The normalized spacial score (nSPS) is 10.8. The molecule has 0 unspecified atom stereocenters. The van der Waals surface area contributed by atoms with Crippen molar-refractivity contribution in [2.75, 3.05) is 11.9 Å². The number of anilines is 1. The Morgan fingerprint density at radius 1 is 1.62 bits per heavy atom. The van der Waals surface area contributed by atoms with Crippen LogP contribution in [0.4, 0.5) is 14.7 Å². The molecule has 0 aliphatic heterocycles. The van der Waals surface area contributed by atoms with Crippen LogP contribution in [-0.2, 0) is 6.54 Å². The van der Waals surface area contributed by atoms with E-state index in [0.717, 1.165) is 13.0 Å². The zero-order valence-electron chi connectivity index (χ0n) is 7.50. The third-order valence-corrected chi connectivity index (χ3v) is 1.58.